The first-order chi connectivity index (χ1) is 14.6. The standard InChI is InChI=1S/C22H19F3N2O4/c1-11-14-4-3-5-16(17(14)21(30)31-11)26-19(28)18-15(10-27(2)20(18)29)12-6-8-13(9-7-12)22(23,24)25/h3-9,11,15,18H,10H2,1-2H3,(H,26,28)/t11?,15-,18+/m1/s1. The van der Waals surface area contributed by atoms with Gasteiger partial charge in [-0.15, -0.1) is 0 Å². The summed E-state index contributed by atoms with van der Waals surface area (Å²) in [5.74, 6) is -3.38. The van der Waals surface area contributed by atoms with Crippen molar-refractivity contribution in [3.63, 3.8) is 0 Å². The second-order valence-electron chi connectivity index (χ2n) is 7.73. The lowest BCUT2D eigenvalue weighted by atomic mass is 9.87. The van der Waals surface area contributed by atoms with Gasteiger partial charge < -0.3 is 15.0 Å². The van der Waals surface area contributed by atoms with Gasteiger partial charge in [0.25, 0.3) is 0 Å². The first-order valence-electron chi connectivity index (χ1n) is 9.65. The third kappa shape index (κ3) is 3.64. The number of hydrogen-bond acceptors (Lipinski definition) is 4. The number of hydrogen-bond donors (Lipinski definition) is 1. The highest BCUT2D eigenvalue weighted by Crippen LogP contribution is 2.38. The number of likely N-dealkylation sites (N-methyl/N-ethyl adjacent to an activating group) is 1. The molecule has 1 fully saturated rings. The lowest BCUT2D eigenvalue weighted by molar-refractivity contribution is -0.138. The molecule has 0 saturated carbocycles. The number of ether oxygens (including phenoxy) is 1. The summed E-state index contributed by atoms with van der Waals surface area (Å²) in [6.45, 7) is 1.90. The summed E-state index contributed by atoms with van der Waals surface area (Å²) in [7, 11) is 1.53. The molecule has 2 amide bonds. The van der Waals surface area contributed by atoms with E-state index in [1.165, 1.54) is 24.1 Å². The van der Waals surface area contributed by atoms with Crippen LogP contribution in [0.1, 0.15) is 46.0 Å². The van der Waals surface area contributed by atoms with Crippen molar-refractivity contribution in [3.8, 4) is 0 Å². The summed E-state index contributed by atoms with van der Waals surface area (Å²) in [5, 5.41) is 2.65. The molecule has 2 aromatic rings. The molecular formula is C22H19F3N2O4. The third-order valence-electron chi connectivity index (χ3n) is 5.74. The molecule has 0 bridgehead atoms. The topological polar surface area (TPSA) is 75.7 Å². The van der Waals surface area contributed by atoms with Crippen molar-refractivity contribution in [2.45, 2.75) is 25.1 Å². The van der Waals surface area contributed by atoms with Crippen molar-refractivity contribution in [2.24, 2.45) is 5.92 Å². The highest BCUT2D eigenvalue weighted by atomic mass is 19.4. The Hall–Kier alpha value is -3.36. The van der Waals surface area contributed by atoms with E-state index in [0.717, 1.165) is 12.1 Å². The van der Waals surface area contributed by atoms with Gasteiger partial charge in [0.1, 0.15) is 12.0 Å². The Morgan fingerprint density at radius 1 is 1.13 bits per heavy atom. The number of cyclic esters (lactones) is 1. The maximum Gasteiger partial charge on any atom is 0.416 e. The number of esters is 1. The van der Waals surface area contributed by atoms with Gasteiger partial charge in [0.15, 0.2) is 0 Å². The first-order valence-corrected chi connectivity index (χ1v) is 9.65. The summed E-state index contributed by atoms with van der Waals surface area (Å²) >= 11 is 0. The number of nitrogens with zero attached hydrogens (tertiary/aromatic N) is 1. The van der Waals surface area contributed by atoms with E-state index in [4.69, 9.17) is 4.74 Å². The number of fused-ring (bicyclic) bond motifs is 1. The van der Waals surface area contributed by atoms with E-state index in [9.17, 15) is 27.6 Å². The molecular weight excluding hydrogens is 413 g/mol. The van der Waals surface area contributed by atoms with E-state index in [-0.39, 0.29) is 17.8 Å². The van der Waals surface area contributed by atoms with Crippen molar-refractivity contribution >= 4 is 23.5 Å². The van der Waals surface area contributed by atoms with Crippen LogP contribution in [-0.4, -0.2) is 36.3 Å². The number of nitrogens with one attached hydrogen (secondary N) is 1. The summed E-state index contributed by atoms with van der Waals surface area (Å²) in [5.41, 5.74) is 0.773. The van der Waals surface area contributed by atoms with Crippen molar-refractivity contribution < 1.29 is 32.3 Å². The zero-order valence-electron chi connectivity index (χ0n) is 16.7. The molecule has 1 N–H and O–H groups in total. The van der Waals surface area contributed by atoms with Crippen LogP contribution < -0.4 is 5.32 Å². The number of anilines is 1. The lowest BCUT2D eigenvalue weighted by Crippen LogP contribution is -2.33. The summed E-state index contributed by atoms with van der Waals surface area (Å²) in [6, 6.07) is 9.40. The van der Waals surface area contributed by atoms with Gasteiger partial charge in [0, 0.05) is 25.1 Å². The third-order valence-corrected chi connectivity index (χ3v) is 5.74. The van der Waals surface area contributed by atoms with E-state index < -0.39 is 47.5 Å². The second kappa shape index (κ2) is 7.40. The minimum atomic E-state index is -4.48. The Morgan fingerprint density at radius 2 is 1.81 bits per heavy atom. The number of amides is 2. The molecule has 162 valence electrons. The molecule has 2 aliphatic rings. The Morgan fingerprint density at radius 3 is 2.45 bits per heavy atom. The molecule has 2 aliphatic heterocycles. The Labute approximate surface area is 176 Å². The van der Waals surface area contributed by atoms with Crippen molar-refractivity contribution in [2.75, 3.05) is 18.9 Å². The maximum absolute atomic E-state index is 13.1. The van der Waals surface area contributed by atoms with Crippen LogP contribution in [0.3, 0.4) is 0 Å². The summed E-state index contributed by atoms with van der Waals surface area (Å²) < 4.78 is 43.8. The van der Waals surface area contributed by atoms with E-state index in [0.29, 0.717) is 11.1 Å². The van der Waals surface area contributed by atoms with E-state index in [1.807, 2.05) is 0 Å². The van der Waals surface area contributed by atoms with Crippen molar-refractivity contribution in [3.05, 3.63) is 64.7 Å². The minimum Gasteiger partial charge on any atom is -0.454 e. The minimum absolute atomic E-state index is 0.189. The van der Waals surface area contributed by atoms with Gasteiger partial charge in [-0.05, 0) is 30.7 Å². The van der Waals surface area contributed by atoms with Crippen molar-refractivity contribution in [1.82, 2.24) is 4.90 Å². The Balaban J connectivity index is 1.62. The number of alkyl halides is 3. The van der Waals surface area contributed by atoms with E-state index in [2.05, 4.69) is 5.32 Å². The van der Waals surface area contributed by atoms with Gasteiger partial charge in [-0.2, -0.15) is 13.2 Å². The zero-order chi connectivity index (χ0) is 22.5. The number of benzene rings is 2. The first kappa shape index (κ1) is 20.9. The van der Waals surface area contributed by atoms with Crippen LogP contribution >= 0.6 is 0 Å². The zero-order valence-corrected chi connectivity index (χ0v) is 16.7. The molecule has 0 radical (unpaired) electrons. The van der Waals surface area contributed by atoms with Gasteiger partial charge in [-0.3, -0.25) is 9.59 Å². The Kier molecular flexibility index (Phi) is 4.99. The summed E-state index contributed by atoms with van der Waals surface area (Å²) in [6.07, 6.45) is -4.92. The molecule has 31 heavy (non-hydrogen) atoms. The molecule has 2 heterocycles. The fourth-order valence-corrected chi connectivity index (χ4v) is 4.15. The molecule has 0 spiro atoms. The smallest absolute Gasteiger partial charge is 0.416 e. The van der Waals surface area contributed by atoms with Crippen LogP contribution in [0, 0.1) is 5.92 Å². The molecule has 9 heteroatoms. The predicted octanol–water partition coefficient (Wildman–Crippen LogP) is 3.75. The quantitative estimate of drug-likeness (QED) is 0.592. The van der Waals surface area contributed by atoms with Crippen LogP contribution in [0.2, 0.25) is 0 Å². The van der Waals surface area contributed by atoms with Crippen LogP contribution in [0.5, 0.6) is 0 Å². The fraction of sp³-hybridized carbons (Fsp3) is 0.318. The summed E-state index contributed by atoms with van der Waals surface area (Å²) in [4.78, 5) is 39.3. The second-order valence-corrected chi connectivity index (χ2v) is 7.73. The molecule has 1 saturated heterocycles. The van der Waals surface area contributed by atoms with Gasteiger partial charge in [-0.25, -0.2) is 4.79 Å². The molecule has 3 atom stereocenters. The Bertz CT molecular complexity index is 1070. The highest BCUT2D eigenvalue weighted by Gasteiger charge is 2.45. The van der Waals surface area contributed by atoms with Crippen molar-refractivity contribution in [1.29, 1.82) is 0 Å². The van der Waals surface area contributed by atoms with Crippen LogP contribution in [0.15, 0.2) is 42.5 Å². The number of carbonyl (C=O) groups excluding carboxylic acids is 3. The van der Waals surface area contributed by atoms with Gasteiger partial charge in [0.05, 0.1) is 16.8 Å². The number of halogens is 3. The predicted molar refractivity (Wildman–Crippen MR) is 104 cm³/mol. The van der Waals surface area contributed by atoms with Gasteiger partial charge in [0.2, 0.25) is 11.8 Å². The largest absolute Gasteiger partial charge is 0.454 e. The molecule has 6 nitrogen and oxygen atoms in total. The van der Waals surface area contributed by atoms with Gasteiger partial charge in [-0.1, -0.05) is 24.3 Å². The van der Waals surface area contributed by atoms with E-state index >= 15 is 0 Å². The average molecular weight is 432 g/mol. The van der Waals surface area contributed by atoms with Crippen LogP contribution in [0.4, 0.5) is 18.9 Å². The SMILES string of the molecule is CC1OC(=O)c2c(NC(=O)[C@H]3C(=O)N(C)C[C@@H]3c3ccc(C(F)(F)F)cc3)cccc21. The fourth-order valence-electron chi connectivity index (χ4n) is 4.15. The highest BCUT2D eigenvalue weighted by molar-refractivity contribution is 6.11. The maximum atomic E-state index is 13.1. The number of carbonyl (C=O) groups is 3. The molecule has 4 rings (SSSR count). The monoisotopic (exact) mass is 432 g/mol. The lowest BCUT2D eigenvalue weighted by Gasteiger charge is -2.18. The van der Waals surface area contributed by atoms with Gasteiger partial charge >= 0.3 is 12.1 Å². The molecule has 0 aliphatic carbocycles. The molecule has 1 unspecified atom stereocenters. The molecule has 2 aromatic carbocycles. The van der Waals surface area contributed by atoms with Crippen LogP contribution in [0.25, 0.3) is 0 Å². The number of rotatable bonds is 3. The number of likely N-dealkylation sites (tertiary alicyclic amines) is 1. The normalized spacial score (nSPS) is 23.0. The average Bonchev–Trinajstić information content (AvgIpc) is 3.17. The van der Waals surface area contributed by atoms with Crippen LogP contribution in [-0.2, 0) is 20.5 Å². The molecule has 0 aromatic heterocycles. The van der Waals surface area contributed by atoms with E-state index in [1.54, 1.807) is 25.1 Å².